The Morgan fingerprint density at radius 1 is 0.906 bits per heavy atom. The molecule has 3 nitrogen and oxygen atoms in total. The second-order valence-electron chi connectivity index (χ2n) is 8.83. The quantitative estimate of drug-likeness (QED) is 0.380. The molecule has 1 fully saturated rings. The van der Waals surface area contributed by atoms with Crippen LogP contribution in [-0.2, 0) is 25.8 Å². The van der Waals surface area contributed by atoms with Crippen molar-refractivity contribution < 1.29 is 4.74 Å². The van der Waals surface area contributed by atoms with Crippen molar-refractivity contribution in [2.24, 2.45) is 5.92 Å². The molecule has 3 aromatic rings. The average Bonchev–Trinajstić information content (AvgIpc) is 2.84. The number of aryl methyl sites for hydroxylation is 3. The van der Waals surface area contributed by atoms with Gasteiger partial charge in [0.05, 0.1) is 12.1 Å². The predicted octanol–water partition coefficient (Wildman–Crippen LogP) is 6.37. The maximum atomic E-state index is 6.15. The molecule has 4 rings (SSSR count). The third-order valence-corrected chi connectivity index (χ3v) is 6.86. The van der Waals surface area contributed by atoms with Crippen molar-refractivity contribution in [3.05, 3.63) is 94.1 Å². The Kier molecular flexibility index (Phi) is 8.19. The molecule has 0 amide bonds. The molecule has 168 valence electrons. The Morgan fingerprint density at radius 3 is 2.31 bits per heavy atom. The maximum absolute atomic E-state index is 6.15. The molecule has 0 spiro atoms. The lowest BCUT2D eigenvalue weighted by molar-refractivity contribution is 0.170. The van der Waals surface area contributed by atoms with Crippen molar-refractivity contribution in [1.29, 1.82) is 0 Å². The van der Waals surface area contributed by atoms with E-state index in [0.29, 0.717) is 10.9 Å². The Labute approximate surface area is 197 Å². The minimum Gasteiger partial charge on any atom is -0.481 e. The first kappa shape index (κ1) is 22.8. The van der Waals surface area contributed by atoms with E-state index in [1.54, 1.807) is 13.3 Å². The Bertz CT molecular complexity index is 984. The highest BCUT2D eigenvalue weighted by Crippen LogP contribution is 2.27. The number of ether oxygens (including phenoxy) is 1. The van der Waals surface area contributed by atoms with Crippen molar-refractivity contribution in [3.8, 4) is 5.88 Å². The lowest BCUT2D eigenvalue weighted by Crippen LogP contribution is -2.33. The van der Waals surface area contributed by atoms with Gasteiger partial charge >= 0.3 is 0 Å². The number of rotatable bonds is 9. The third kappa shape index (κ3) is 6.34. The largest absolute Gasteiger partial charge is 0.481 e. The number of pyridine rings is 1. The highest BCUT2D eigenvalue weighted by Gasteiger charge is 2.21. The standard InChI is InChI=1S/C28H33ClN2O/c1-32-28-26(19-27(29)20-30-28)21-31-17-15-23(16-18-31)12-14-25-10-6-5-9-24(25)13-11-22-7-3-2-4-8-22/h2-10,19-20,23H,11-18,21H2,1H3. The normalized spacial score (nSPS) is 15.1. The summed E-state index contributed by atoms with van der Waals surface area (Å²) in [5.74, 6) is 1.48. The molecule has 1 saturated heterocycles. The van der Waals surface area contributed by atoms with Crippen LogP contribution in [0.5, 0.6) is 5.88 Å². The van der Waals surface area contributed by atoms with Crippen LogP contribution in [0.3, 0.4) is 0 Å². The molecule has 2 aromatic carbocycles. The van der Waals surface area contributed by atoms with E-state index in [9.17, 15) is 0 Å². The highest BCUT2D eigenvalue weighted by molar-refractivity contribution is 6.30. The van der Waals surface area contributed by atoms with Gasteiger partial charge in [-0.05, 0) is 80.3 Å². The SMILES string of the molecule is COc1ncc(Cl)cc1CN1CCC(CCc2ccccc2CCc2ccccc2)CC1. The number of benzene rings is 2. The molecule has 0 radical (unpaired) electrons. The van der Waals surface area contributed by atoms with Crippen LogP contribution in [0.15, 0.2) is 66.9 Å². The third-order valence-electron chi connectivity index (χ3n) is 6.65. The fourth-order valence-corrected chi connectivity index (χ4v) is 4.95. The Balaban J connectivity index is 1.26. The molecule has 0 atom stereocenters. The number of halogens is 1. The first-order chi connectivity index (χ1) is 15.7. The second kappa shape index (κ2) is 11.5. The summed E-state index contributed by atoms with van der Waals surface area (Å²) in [6.07, 6.45) is 8.84. The van der Waals surface area contributed by atoms with E-state index in [-0.39, 0.29) is 0 Å². The van der Waals surface area contributed by atoms with E-state index in [1.807, 2.05) is 6.07 Å². The Hall–Kier alpha value is -2.36. The fourth-order valence-electron chi connectivity index (χ4n) is 4.77. The molecule has 0 aliphatic carbocycles. The molecule has 4 heteroatoms. The maximum Gasteiger partial charge on any atom is 0.217 e. The van der Waals surface area contributed by atoms with E-state index in [1.165, 1.54) is 42.4 Å². The molecule has 0 saturated carbocycles. The van der Waals surface area contributed by atoms with Crippen molar-refractivity contribution in [3.63, 3.8) is 0 Å². The lowest BCUT2D eigenvalue weighted by Gasteiger charge is -2.32. The molecule has 1 aliphatic rings. The van der Waals surface area contributed by atoms with Crippen LogP contribution < -0.4 is 4.74 Å². The van der Waals surface area contributed by atoms with E-state index in [2.05, 4.69) is 64.5 Å². The summed E-state index contributed by atoms with van der Waals surface area (Å²) < 4.78 is 5.41. The van der Waals surface area contributed by atoms with Gasteiger partial charge in [0.1, 0.15) is 0 Å². The van der Waals surface area contributed by atoms with Gasteiger partial charge in [0.15, 0.2) is 0 Å². The molecule has 0 unspecified atom stereocenters. The monoisotopic (exact) mass is 448 g/mol. The summed E-state index contributed by atoms with van der Waals surface area (Å²) in [5.41, 5.74) is 5.53. The van der Waals surface area contributed by atoms with Crippen molar-refractivity contribution in [2.75, 3.05) is 20.2 Å². The molecule has 0 bridgehead atoms. The lowest BCUT2D eigenvalue weighted by atomic mass is 9.88. The number of hydrogen-bond acceptors (Lipinski definition) is 3. The van der Waals surface area contributed by atoms with Gasteiger partial charge in [0.2, 0.25) is 5.88 Å². The van der Waals surface area contributed by atoms with Gasteiger partial charge in [-0.2, -0.15) is 0 Å². The van der Waals surface area contributed by atoms with Crippen molar-refractivity contribution in [2.45, 2.75) is 45.1 Å². The van der Waals surface area contributed by atoms with E-state index in [0.717, 1.165) is 44.0 Å². The van der Waals surface area contributed by atoms with Crippen molar-refractivity contribution >= 4 is 11.6 Å². The molecule has 32 heavy (non-hydrogen) atoms. The van der Waals surface area contributed by atoms with E-state index >= 15 is 0 Å². The van der Waals surface area contributed by atoms with Crippen LogP contribution in [0, 0.1) is 5.92 Å². The minimum atomic E-state index is 0.668. The number of methoxy groups -OCH3 is 1. The van der Waals surface area contributed by atoms with Gasteiger partial charge < -0.3 is 4.74 Å². The van der Waals surface area contributed by atoms with E-state index in [4.69, 9.17) is 16.3 Å². The second-order valence-corrected chi connectivity index (χ2v) is 9.27. The number of aromatic nitrogens is 1. The molecule has 1 aromatic heterocycles. The smallest absolute Gasteiger partial charge is 0.217 e. The summed E-state index contributed by atoms with van der Waals surface area (Å²) in [5, 5.41) is 0.668. The minimum absolute atomic E-state index is 0.668. The van der Waals surface area contributed by atoms with E-state index < -0.39 is 0 Å². The number of piperidine rings is 1. The van der Waals surface area contributed by atoms with Gasteiger partial charge in [-0.25, -0.2) is 4.98 Å². The number of nitrogens with zero attached hydrogens (tertiary/aromatic N) is 2. The highest BCUT2D eigenvalue weighted by atomic mass is 35.5. The van der Waals surface area contributed by atoms with Crippen LogP contribution in [0.2, 0.25) is 5.02 Å². The zero-order valence-corrected chi connectivity index (χ0v) is 19.7. The predicted molar refractivity (Wildman–Crippen MR) is 132 cm³/mol. The summed E-state index contributed by atoms with van der Waals surface area (Å²) in [6.45, 7) is 3.09. The summed E-state index contributed by atoms with van der Waals surface area (Å²) in [4.78, 5) is 6.80. The van der Waals surface area contributed by atoms with Gasteiger partial charge in [0.25, 0.3) is 0 Å². The first-order valence-electron chi connectivity index (χ1n) is 11.7. The van der Waals surface area contributed by atoms with Crippen LogP contribution >= 0.6 is 11.6 Å². The topological polar surface area (TPSA) is 25.4 Å². The fraction of sp³-hybridized carbons (Fsp3) is 0.393. The molecule has 0 N–H and O–H groups in total. The first-order valence-corrected chi connectivity index (χ1v) is 12.1. The van der Waals surface area contributed by atoms with Gasteiger partial charge in [-0.15, -0.1) is 0 Å². The number of likely N-dealkylation sites (tertiary alicyclic amines) is 1. The molecular formula is C28H33ClN2O. The van der Waals surface area contributed by atoms with Crippen LogP contribution in [0.1, 0.15) is 41.5 Å². The molecule has 1 aliphatic heterocycles. The zero-order chi connectivity index (χ0) is 22.2. The average molecular weight is 449 g/mol. The summed E-state index contributed by atoms with van der Waals surface area (Å²) in [6, 6.07) is 21.8. The van der Waals surface area contributed by atoms with Gasteiger partial charge in [0, 0.05) is 18.3 Å². The summed E-state index contributed by atoms with van der Waals surface area (Å²) >= 11 is 6.15. The van der Waals surface area contributed by atoms with Gasteiger partial charge in [-0.1, -0.05) is 66.2 Å². The number of hydrogen-bond donors (Lipinski definition) is 0. The Morgan fingerprint density at radius 2 is 1.59 bits per heavy atom. The van der Waals surface area contributed by atoms with Gasteiger partial charge in [-0.3, -0.25) is 4.90 Å². The summed E-state index contributed by atoms with van der Waals surface area (Å²) in [7, 11) is 1.67. The zero-order valence-electron chi connectivity index (χ0n) is 19.0. The van der Waals surface area contributed by atoms with Crippen LogP contribution in [-0.4, -0.2) is 30.1 Å². The molecular weight excluding hydrogens is 416 g/mol. The van der Waals surface area contributed by atoms with Crippen LogP contribution in [0.25, 0.3) is 0 Å². The van der Waals surface area contributed by atoms with Crippen molar-refractivity contribution in [1.82, 2.24) is 9.88 Å². The molecule has 2 heterocycles. The van der Waals surface area contributed by atoms with Crippen LogP contribution in [0.4, 0.5) is 0 Å².